The average molecular weight is 448 g/mol. The first-order valence-corrected chi connectivity index (χ1v) is 13.7. The number of nitrogens with zero attached hydrogens (tertiary/aromatic N) is 3. The molecule has 4 unspecified atom stereocenters. The highest BCUT2D eigenvalue weighted by atomic mass is 15.4. The van der Waals surface area contributed by atoms with E-state index in [2.05, 4.69) is 97.8 Å². The van der Waals surface area contributed by atoms with E-state index in [1.54, 1.807) is 0 Å². The molecule has 3 nitrogen and oxygen atoms in total. The molecule has 0 aromatic carbocycles. The van der Waals surface area contributed by atoms with Crippen molar-refractivity contribution < 1.29 is 0 Å². The molecule has 4 bridgehead atoms. The zero-order chi connectivity index (χ0) is 24.3. The van der Waals surface area contributed by atoms with Crippen LogP contribution in [0.2, 0.25) is 0 Å². The van der Waals surface area contributed by atoms with Gasteiger partial charge in [-0.3, -0.25) is 14.7 Å². The molecule has 4 aliphatic heterocycles. The molecule has 4 atom stereocenters. The molecule has 0 radical (unpaired) electrons. The van der Waals surface area contributed by atoms with Crippen molar-refractivity contribution in [1.29, 1.82) is 0 Å². The number of piperazine rings is 1. The van der Waals surface area contributed by atoms with Crippen molar-refractivity contribution >= 4 is 0 Å². The minimum atomic E-state index is 0.338. The van der Waals surface area contributed by atoms with Crippen LogP contribution in [0.3, 0.4) is 0 Å². The van der Waals surface area contributed by atoms with Crippen molar-refractivity contribution in [2.24, 2.45) is 11.3 Å². The largest absolute Gasteiger partial charge is 0.295 e. The van der Waals surface area contributed by atoms with E-state index in [4.69, 9.17) is 0 Å². The Labute approximate surface area is 201 Å². The zero-order valence-corrected chi connectivity index (χ0v) is 23.9. The number of fused-ring (bicyclic) bond motifs is 4. The second-order valence-electron chi connectivity index (χ2n) is 15.5. The fourth-order valence-electron chi connectivity index (χ4n) is 7.53. The van der Waals surface area contributed by atoms with Crippen LogP contribution in [0.15, 0.2) is 0 Å². The summed E-state index contributed by atoms with van der Waals surface area (Å²) in [6.45, 7) is 31.1. The van der Waals surface area contributed by atoms with Gasteiger partial charge in [0.15, 0.2) is 0 Å². The Morgan fingerprint density at radius 3 is 1.12 bits per heavy atom. The highest BCUT2D eigenvalue weighted by molar-refractivity contribution is 5.03. The smallest absolute Gasteiger partial charge is 0.0232 e. The number of piperidine rings is 1. The van der Waals surface area contributed by atoms with Gasteiger partial charge < -0.3 is 0 Å². The van der Waals surface area contributed by atoms with Gasteiger partial charge in [-0.1, -0.05) is 20.8 Å². The van der Waals surface area contributed by atoms with E-state index < -0.39 is 0 Å². The number of hydrogen-bond donors (Lipinski definition) is 0. The van der Waals surface area contributed by atoms with Crippen molar-refractivity contribution in [2.45, 2.75) is 162 Å². The summed E-state index contributed by atoms with van der Waals surface area (Å²) in [6.07, 6.45) is 8.53. The lowest BCUT2D eigenvalue weighted by molar-refractivity contribution is -0.0289. The van der Waals surface area contributed by atoms with Crippen LogP contribution in [-0.2, 0) is 0 Å². The van der Waals surface area contributed by atoms with Crippen molar-refractivity contribution in [3.8, 4) is 0 Å². The maximum absolute atomic E-state index is 2.81. The third-order valence-corrected chi connectivity index (χ3v) is 8.94. The Morgan fingerprint density at radius 1 is 0.469 bits per heavy atom. The van der Waals surface area contributed by atoms with Gasteiger partial charge in [0.2, 0.25) is 0 Å². The van der Waals surface area contributed by atoms with E-state index in [1.807, 2.05) is 0 Å². The summed E-state index contributed by atoms with van der Waals surface area (Å²) in [5.74, 6) is 0.934. The van der Waals surface area contributed by atoms with Crippen LogP contribution in [0.4, 0.5) is 0 Å². The molecule has 32 heavy (non-hydrogen) atoms. The first kappa shape index (κ1) is 26.5. The molecule has 4 saturated heterocycles. The summed E-state index contributed by atoms with van der Waals surface area (Å²) in [4.78, 5) is 8.27. The first-order chi connectivity index (χ1) is 14.4. The highest BCUT2D eigenvalue weighted by Crippen LogP contribution is 2.47. The number of hydrogen-bond acceptors (Lipinski definition) is 3. The fourth-order valence-corrected chi connectivity index (χ4v) is 7.53. The summed E-state index contributed by atoms with van der Waals surface area (Å²) in [7, 11) is 0. The molecule has 4 aliphatic rings. The van der Waals surface area contributed by atoms with Gasteiger partial charge in [0.05, 0.1) is 0 Å². The van der Waals surface area contributed by atoms with E-state index in [9.17, 15) is 0 Å². The van der Waals surface area contributed by atoms with E-state index >= 15 is 0 Å². The summed E-state index contributed by atoms with van der Waals surface area (Å²) in [5, 5.41) is 0. The monoisotopic (exact) mass is 447 g/mol. The summed E-state index contributed by atoms with van der Waals surface area (Å²) in [6, 6.07) is 3.31. The van der Waals surface area contributed by atoms with Crippen LogP contribution in [0.5, 0.6) is 0 Å². The average Bonchev–Trinajstić information content (AvgIpc) is 3.04. The van der Waals surface area contributed by atoms with Crippen LogP contribution in [0.25, 0.3) is 0 Å². The van der Waals surface area contributed by atoms with Crippen LogP contribution in [0.1, 0.15) is 122 Å². The predicted molar refractivity (Wildman–Crippen MR) is 140 cm³/mol. The standard InChI is InChI=1S/C15H29N.C14H28N2/c1-14(2,3)11-9-12-7-8-13(10-11)16(12)15(4,5)6;1-13(2,3)15-9-11-7-8-12(10-15)16(11)14(4,5)6/h11-13H,7-10H2,1-6H3;11-12H,7-10H2,1-6H3. The minimum absolute atomic E-state index is 0.338. The van der Waals surface area contributed by atoms with Gasteiger partial charge in [-0.05, 0) is 112 Å². The Balaban J connectivity index is 0.000000181. The summed E-state index contributed by atoms with van der Waals surface area (Å²) in [5.41, 5.74) is 1.56. The van der Waals surface area contributed by atoms with Crippen molar-refractivity contribution in [3.63, 3.8) is 0 Å². The molecule has 188 valence electrons. The Kier molecular flexibility index (Phi) is 7.31. The number of likely N-dealkylation sites (tertiary alicyclic amines) is 1. The normalized spacial score (nSPS) is 35.1. The summed E-state index contributed by atoms with van der Waals surface area (Å²) >= 11 is 0. The van der Waals surface area contributed by atoms with Crippen molar-refractivity contribution in [2.75, 3.05) is 13.1 Å². The maximum atomic E-state index is 2.81. The highest BCUT2D eigenvalue weighted by Gasteiger charge is 2.48. The van der Waals surface area contributed by atoms with Gasteiger partial charge in [0.1, 0.15) is 0 Å². The Morgan fingerprint density at radius 2 is 0.812 bits per heavy atom. The van der Waals surface area contributed by atoms with E-state index in [0.29, 0.717) is 22.0 Å². The number of rotatable bonds is 0. The molecule has 0 aliphatic carbocycles. The molecule has 0 amide bonds. The molecule has 4 heterocycles. The molecule has 0 N–H and O–H groups in total. The molecular formula is C29H57N3. The molecule has 0 spiro atoms. The van der Waals surface area contributed by atoms with Crippen LogP contribution in [-0.4, -0.2) is 68.6 Å². The lowest BCUT2D eigenvalue weighted by atomic mass is 9.72. The van der Waals surface area contributed by atoms with Crippen molar-refractivity contribution in [1.82, 2.24) is 14.7 Å². The molecular weight excluding hydrogens is 390 g/mol. The topological polar surface area (TPSA) is 9.72 Å². The van der Waals surface area contributed by atoms with Gasteiger partial charge in [-0.15, -0.1) is 0 Å². The van der Waals surface area contributed by atoms with Crippen LogP contribution >= 0.6 is 0 Å². The van der Waals surface area contributed by atoms with E-state index in [-0.39, 0.29) is 0 Å². The van der Waals surface area contributed by atoms with Gasteiger partial charge in [-0.2, -0.15) is 0 Å². The van der Waals surface area contributed by atoms with Crippen LogP contribution < -0.4 is 0 Å². The predicted octanol–water partition coefficient (Wildman–Crippen LogP) is 6.81. The van der Waals surface area contributed by atoms with E-state index in [1.165, 1.54) is 51.6 Å². The molecule has 0 saturated carbocycles. The van der Waals surface area contributed by atoms with Gasteiger partial charge in [0.25, 0.3) is 0 Å². The lowest BCUT2D eigenvalue weighted by Crippen LogP contribution is -2.63. The van der Waals surface area contributed by atoms with Crippen LogP contribution in [0, 0.1) is 11.3 Å². The third kappa shape index (κ3) is 5.74. The molecule has 0 aromatic heterocycles. The molecule has 4 rings (SSSR count). The Bertz CT molecular complexity index is 543. The molecule has 0 aromatic rings. The zero-order valence-electron chi connectivity index (χ0n) is 23.9. The van der Waals surface area contributed by atoms with E-state index in [0.717, 1.165) is 30.1 Å². The van der Waals surface area contributed by atoms with Gasteiger partial charge in [-0.25, -0.2) is 0 Å². The van der Waals surface area contributed by atoms with Gasteiger partial charge >= 0.3 is 0 Å². The Hall–Kier alpha value is -0.120. The quantitative estimate of drug-likeness (QED) is 0.404. The molecule has 3 heteroatoms. The fraction of sp³-hybridized carbons (Fsp3) is 1.00. The second-order valence-corrected chi connectivity index (χ2v) is 15.5. The molecule has 4 fully saturated rings. The third-order valence-electron chi connectivity index (χ3n) is 8.94. The van der Waals surface area contributed by atoms with Crippen molar-refractivity contribution in [3.05, 3.63) is 0 Å². The minimum Gasteiger partial charge on any atom is -0.295 e. The SMILES string of the molecule is CC(C)(C)C1CC2CCC(C1)N2C(C)(C)C.CC(C)(C)N1CC2CCC(C1)N2C(C)(C)C. The lowest BCUT2D eigenvalue weighted by Gasteiger charge is -2.51. The summed E-state index contributed by atoms with van der Waals surface area (Å²) < 4.78 is 0. The first-order valence-electron chi connectivity index (χ1n) is 13.7. The maximum Gasteiger partial charge on any atom is 0.0232 e. The second kappa shape index (κ2) is 8.83. The van der Waals surface area contributed by atoms with Gasteiger partial charge in [0, 0.05) is 53.9 Å².